The van der Waals surface area contributed by atoms with Crippen molar-refractivity contribution < 1.29 is 22.0 Å². The molecule has 0 aliphatic heterocycles. The number of alkyl halides is 2. The first-order valence-corrected chi connectivity index (χ1v) is 8.40. The van der Waals surface area contributed by atoms with Crippen LogP contribution in [0.1, 0.15) is 37.0 Å². The highest BCUT2D eigenvalue weighted by Crippen LogP contribution is 2.18. The molecule has 23 heavy (non-hydrogen) atoms. The van der Waals surface area contributed by atoms with Crippen LogP contribution in [-0.4, -0.2) is 32.2 Å². The number of nitrogens with two attached hydrogens (primary N) is 1. The molecule has 0 saturated carbocycles. The molecule has 9 heteroatoms. The number of halogens is 3. The summed E-state index contributed by atoms with van der Waals surface area (Å²) >= 11 is 0. The topological polar surface area (TPSA) is 89.3 Å². The summed E-state index contributed by atoms with van der Waals surface area (Å²) in [5, 5.41) is 2.66. The molecule has 132 valence electrons. The quantitative estimate of drug-likeness (QED) is 0.771. The molecule has 0 spiro atoms. The molecule has 0 fully saturated rings. The zero-order chi connectivity index (χ0) is 17.0. The van der Waals surface area contributed by atoms with E-state index in [4.69, 9.17) is 5.73 Å². The number of nitrogens with one attached hydrogen (secondary N) is 1. The van der Waals surface area contributed by atoms with Gasteiger partial charge in [-0.2, -0.15) is 8.78 Å². The van der Waals surface area contributed by atoms with Crippen LogP contribution in [0.5, 0.6) is 0 Å². The second-order valence-corrected chi connectivity index (χ2v) is 7.00. The molecule has 0 unspecified atom stereocenters. The van der Waals surface area contributed by atoms with Gasteiger partial charge in [0.1, 0.15) is 0 Å². The lowest BCUT2D eigenvalue weighted by atomic mass is 9.94. The molecule has 0 aromatic heterocycles. The summed E-state index contributed by atoms with van der Waals surface area (Å²) < 4.78 is 47.4. The molecule has 3 N–H and O–H groups in total. The van der Waals surface area contributed by atoms with Crippen LogP contribution in [0, 0.1) is 0 Å². The van der Waals surface area contributed by atoms with Gasteiger partial charge in [-0.1, -0.05) is 13.8 Å². The predicted octanol–water partition coefficient (Wildman–Crippen LogP) is 2.35. The standard InChI is InChI=1S/C14H20F2N2O3S.ClH/c1-3-14(17,4-2)9-18-12(19)10-5-7-11(8-6-10)22(20,21)13(15)16;/h5-8,13H,3-4,9,17H2,1-2H3,(H,18,19);1H. The Labute approximate surface area is 141 Å². The molecular weight excluding hydrogens is 350 g/mol. The first kappa shape index (κ1) is 21.8. The lowest BCUT2D eigenvalue weighted by molar-refractivity contribution is 0.0942. The van der Waals surface area contributed by atoms with E-state index in [9.17, 15) is 22.0 Å². The molecule has 5 nitrogen and oxygen atoms in total. The maximum Gasteiger partial charge on any atom is 0.341 e. The average molecular weight is 371 g/mol. The molecule has 0 bridgehead atoms. The van der Waals surface area contributed by atoms with E-state index in [0.29, 0.717) is 12.8 Å². The van der Waals surface area contributed by atoms with Crippen LogP contribution in [0.4, 0.5) is 8.78 Å². The number of hydrogen-bond donors (Lipinski definition) is 2. The van der Waals surface area contributed by atoms with E-state index in [1.807, 2.05) is 13.8 Å². The summed E-state index contributed by atoms with van der Waals surface area (Å²) in [7, 11) is -4.65. The van der Waals surface area contributed by atoms with Crippen LogP contribution >= 0.6 is 12.4 Å². The van der Waals surface area contributed by atoms with Crippen LogP contribution in [0.15, 0.2) is 29.2 Å². The molecule has 1 aromatic rings. The van der Waals surface area contributed by atoms with Crippen LogP contribution in [-0.2, 0) is 9.84 Å². The Kier molecular flexibility index (Phi) is 8.09. The zero-order valence-corrected chi connectivity index (χ0v) is 14.5. The lowest BCUT2D eigenvalue weighted by Gasteiger charge is -2.26. The highest BCUT2D eigenvalue weighted by atomic mass is 35.5. The van der Waals surface area contributed by atoms with Crippen molar-refractivity contribution in [3.8, 4) is 0 Å². The fourth-order valence-corrected chi connectivity index (χ4v) is 2.48. The van der Waals surface area contributed by atoms with Crippen molar-refractivity contribution in [2.45, 2.75) is 42.9 Å². The molecule has 0 heterocycles. The minimum atomic E-state index is -4.65. The third-order valence-electron chi connectivity index (χ3n) is 3.69. The number of hydrogen-bond acceptors (Lipinski definition) is 4. The van der Waals surface area contributed by atoms with Crippen LogP contribution in [0.25, 0.3) is 0 Å². The van der Waals surface area contributed by atoms with Gasteiger partial charge in [0.05, 0.1) is 4.90 Å². The highest BCUT2D eigenvalue weighted by Gasteiger charge is 2.26. The number of rotatable bonds is 7. The molecule has 1 aromatic carbocycles. The first-order valence-electron chi connectivity index (χ1n) is 6.85. The Morgan fingerprint density at radius 1 is 1.22 bits per heavy atom. The minimum Gasteiger partial charge on any atom is -0.350 e. The van der Waals surface area contributed by atoms with Crippen molar-refractivity contribution in [1.29, 1.82) is 0 Å². The fraction of sp³-hybridized carbons (Fsp3) is 0.500. The van der Waals surface area contributed by atoms with Crippen molar-refractivity contribution in [2.75, 3.05) is 6.54 Å². The van der Waals surface area contributed by atoms with E-state index >= 15 is 0 Å². The van der Waals surface area contributed by atoms with E-state index in [-0.39, 0.29) is 24.5 Å². The summed E-state index contributed by atoms with van der Waals surface area (Å²) in [4.78, 5) is 11.4. The average Bonchev–Trinajstić information content (AvgIpc) is 2.52. The summed E-state index contributed by atoms with van der Waals surface area (Å²) in [6.45, 7) is 4.11. The van der Waals surface area contributed by atoms with Gasteiger partial charge in [0.15, 0.2) is 0 Å². The maximum atomic E-state index is 12.4. The molecule has 0 saturated heterocycles. The maximum absolute atomic E-state index is 12.4. The Morgan fingerprint density at radius 3 is 2.09 bits per heavy atom. The normalized spacial score (nSPS) is 11.9. The number of sulfone groups is 1. The van der Waals surface area contributed by atoms with Crippen LogP contribution in [0.2, 0.25) is 0 Å². The van der Waals surface area contributed by atoms with Crippen LogP contribution in [0.3, 0.4) is 0 Å². The van der Waals surface area contributed by atoms with Crippen molar-refractivity contribution in [3.05, 3.63) is 29.8 Å². The SMILES string of the molecule is CCC(N)(CC)CNC(=O)c1ccc(S(=O)(=O)C(F)F)cc1.Cl. The van der Waals surface area contributed by atoms with Crippen molar-refractivity contribution in [3.63, 3.8) is 0 Å². The van der Waals surface area contributed by atoms with Gasteiger partial charge in [-0.25, -0.2) is 8.42 Å². The van der Waals surface area contributed by atoms with Gasteiger partial charge >= 0.3 is 5.76 Å². The number of amides is 1. The van der Waals surface area contributed by atoms with Crippen molar-refractivity contribution in [2.24, 2.45) is 5.73 Å². The predicted molar refractivity (Wildman–Crippen MR) is 86.7 cm³/mol. The van der Waals surface area contributed by atoms with Crippen LogP contribution < -0.4 is 11.1 Å². The second kappa shape index (κ2) is 8.56. The van der Waals surface area contributed by atoms with Gasteiger partial charge in [0, 0.05) is 17.6 Å². The highest BCUT2D eigenvalue weighted by molar-refractivity contribution is 7.91. The summed E-state index contributed by atoms with van der Waals surface area (Å²) in [6.07, 6.45) is 1.38. The van der Waals surface area contributed by atoms with Gasteiger partial charge < -0.3 is 11.1 Å². The van der Waals surface area contributed by atoms with E-state index < -0.39 is 31.9 Å². The second-order valence-electron chi connectivity index (χ2n) is 5.08. The molecular formula is C14H21ClF2N2O3S. The molecule has 0 atom stereocenters. The summed E-state index contributed by atoms with van der Waals surface area (Å²) in [5.41, 5.74) is 5.74. The number of carbonyl (C=O) groups is 1. The minimum absolute atomic E-state index is 0. The molecule has 0 aliphatic rings. The first-order chi connectivity index (χ1) is 10.2. The zero-order valence-electron chi connectivity index (χ0n) is 12.9. The third kappa shape index (κ3) is 5.40. The van der Waals surface area contributed by atoms with E-state index in [2.05, 4.69) is 5.32 Å². The number of benzene rings is 1. The third-order valence-corrected chi connectivity index (χ3v) is 5.09. The number of carbonyl (C=O) groups excluding carboxylic acids is 1. The van der Waals surface area contributed by atoms with E-state index in [0.717, 1.165) is 12.1 Å². The van der Waals surface area contributed by atoms with Gasteiger partial charge in [-0.15, -0.1) is 12.4 Å². The van der Waals surface area contributed by atoms with Gasteiger partial charge in [-0.05, 0) is 37.1 Å². The largest absolute Gasteiger partial charge is 0.350 e. The molecule has 1 amide bonds. The Balaban J connectivity index is 0.00000484. The summed E-state index contributed by atoms with van der Waals surface area (Å²) in [6, 6.07) is 4.37. The Morgan fingerprint density at radius 2 is 1.70 bits per heavy atom. The van der Waals surface area contributed by atoms with E-state index in [1.54, 1.807) is 0 Å². The molecule has 1 rings (SSSR count). The lowest BCUT2D eigenvalue weighted by Crippen LogP contribution is -2.49. The molecule has 0 aliphatic carbocycles. The summed E-state index contributed by atoms with van der Waals surface area (Å²) in [5.74, 6) is -3.92. The van der Waals surface area contributed by atoms with Gasteiger partial charge in [0.2, 0.25) is 9.84 Å². The van der Waals surface area contributed by atoms with Gasteiger partial charge in [-0.3, -0.25) is 4.79 Å². The van der Waals surface area contributed by atoms with Crippen molar-refractivity contribution >= 4 is 28.2 Å². The Bertz CT molecular complexity index is 617. The van der Waals surface area contributed by atoms with E-state index in [1.165, 1.54) is 12.1 Å². The van der Waals surface area contributed by atoms with Crippen molar-refractivity contribution in [1.82, 2.24) is 5.32 Å². The monoisotopic (exact) mass is 370 g/mol. The molecule has 0 radical (unpaired) electrons. The van der Waals surface area contributed by atoms with Gasteiger partial charge in [0.25, 0.3) is 5.91 Å². The fourth-order valence-electron chi connectivity index (χ4n) is 1.76. The smallest absolute Gasteiger partial charge is 0.341 e. The Hall–Kier alpha value is -1.25.